The van der Waals surface area contributed by atoms with Gasteiger partial charge in [0.1, 0.15) is 0 Å². The zero-order valence-corrected chi connectivity index (χ0v) is 12.2. The summed E-state index contributed by atoms with van der Waals surface area (Å²) >= 11 is 0. The molecule has 0 spiro atoms. The molecular formula is C10H20O8Si. The molecule has 112 valence electrons. The number of carboxylic acid groups (broad SMARTS) is 2. The van der Waals surface area contributed by atoms with Crippen LogP contribution in [-0.4, -0.2) is 57.1 Å². The van der Waals surface area contributed by atoms with E-state index in [2.05, 4.69) is 0 Å². The third kappa shape index (κ3) is 6.64. The molecule has 0 amide bonds. The quantitative estimate of drug-likeness (QED) is 0.529. The van der Waals surface area contributed by atoms with E-state index in [9.17, 15) is 9.59 Å². The van der Waals surface area contributed by atoms with Crippen LogP contribution in [0.3, 0.4) is 0 Å². The molecule has 0 aliphatic carbocycles. The average Bonchev–Trinajstić information content (AvgIpc) is 2.28. The lowest BCUT2D eigenvalue weighted by molar-refractivity contribution is -0.157. The van der Waals surface area contributed by atoms with E-state index < -0.39 is 33.5 Å². The van der Waals surface area contributed by atoms with Crippen molar-refractivity contribution in [2.24, 2.45) is 0 Å². The minimum absolute atomic E-state index is 0.200. The highest BCUT2D eigenvalue weighted by atomic mass is 28.4. The first-order chi connectivity index (χ1) is 8.90. The molecular weight excluding hydrogens is 276 g/mol. The van der Waals surface area contributed by atoms with Gasteiger partial charge in [-0.15, -0.1) is 0 Å². The summed E-state index contributed by atoms with van der Waals surface area (Å²) < 4.78 is 21.1. The molecule has 0 saturated heterocycles. The highest BCUT2D eigenvalue weighted by Gasteiger charge is 2.49. The molecule has 0 aromatic heterocycles. The molecule has 1 unspecified atom stereocenters. The summed E-state index contributed by atoms with van der Waals surface area (Å²) in [5, 5.41) is 17.6. The van der Waals surface area contributed by atoms with Crippen molar-refractivity contribution in [1.29, 1.82) is 0 Å². The van der Waals surface area contributed by atoms with Crippen LogP contribution in [0.1, 0.15) is 27.2 Å². The normalized spacial score (nSPS) is 13.2. The van der Waals surface area contributed by atoms with E-state index in [-0.39, 0.29) is 19.8 Å². The average molecular weight is 296 g/mol. The molecule has 9 heteroatoms. The summed E-state index contributed by atoms with van der Waals surface area (Å²) in [7, 11) is -3.63. The van der Waals surface area contributed by atoms with Crippen molar-refractivity contribution in [3.63, 3.8) is 0 Å². The monoisotopic (exact) mass is 296 g/mol. The van der Waals surface area contributed by atoms with E-state index >= 15 is 0 Å². The first-order valence-electron chi connectivity index (χ1n) is 5.95. The predicted octanol–water partition coefficient (Wildman–Crippen LogP) is 0.476. The fourth-order valence-electron chi connectivity index (χ4n) is 1.27. The summed E-state index contributed by atoms with van der Waals surface area (Å²) in [4.78, 5) is 21.6. The van der Waals surface area contributed by atoms with Gasteiger partial charge in [-0.1, -0.05) is 0 Å². The van der Waals surface area contributed by atoms with Gasteiger partial charge in [-0.2, -0.15) is 0 Å². The standard InChI is InChI=1S/C10H20O8Si/c1-4-15-19(16-5-2,17-6-3)18-8(10(13)14)7-9(11)12/h8H,4-7H2,1-3H3,(H,11,12)(H,13,14). The molecule has 0 heterocycles. The number of hydrogen-bond donors (Lipinski definition) is 2. The van der Waals surface area contributed by atoms with E-state index in [0.717, 1.165) is 0 Å². The number of aliphatic carboxylic acids is 2. The Balaban J connectivity index is 4.99. The summed E-state index contributed by atoms with van der Waals surface area (Å²) in [6, 6.07) is 0. The second kappa shape index (κ2) is 8.99. The third-order valence-corrected chi connectivity index (χ3v) is 4.39. The van der Waals surface area contributed by atoms with E-state index in [1.54, 1.807) is 20.8 Å². The molecule has 0 aromatic carbocycles. The molecule has 0 aromatic rings. The summed E-state index contributed by atoms with van der Waals surface area (Å²) in [6.07, 6.45) is -2.27. The summed E-state index contributed by atoms with van der Waals surface area (Å²) in [6.45, 7) is 5.63. The van der Waals surface area contributed by atoms with E-state index in [1.165, 1.54) is 0 Å². The van der Waals surface area contributed by atoms with Crippen LogP contribution in [0, 0.1) is 0 Å². The SMILES string of the molecule is CCO[Si](OCC)(OCC)OC(CC(=O)O)C(=O)O. The Morgan fingerprint density at radius 1 is 1.00 bits per heavy atom. The number of rotatable bonds is 11. The lowest BCUT2D eigenvalue weighted by Gasteiger charge is -2.29. The van der Waals surface area contributed by atoms with Crippen LogP contribution < -0.4 is 0 Å². The van der Waals surface area contributed by atoms with Crippen LogP contribution in [0.25, 0.3) is 0 Å². The second-order valence-corrected chi connectivity index (χ2v) is 5.44. The highest BCUT2D eigenvalue weighted by molar-refractivity contribution is 6.53. The first kappa shape index (κ1) is 18.0. The number of hydrogen-bond acceptors (Lipinski definition) is 6. The lowest BCUT2D eigenvalue weighted by Crippen LogP contribution is -2.53. The molecule has 1 atom stereocenters. The van der Waals surface area contributed by atoms with Crippen LogP contribution in [-0.2, 0) is 27.3 Å². The summed E-state index contributed by atoms with van der Waals surface area (Å²) in [5.41, 5.74) is 0. The molecule has 0 aliphatic rings. The topological polar surface area (TPSA) is 112 Å². The van der Waals surface area contributed by atoms with Gasteiger partial charge in [-0.25, -0.2) is 4.79 Å². The number of carboxylic acids is 2. The van der Waals surface area contributed by atoms with Gasteiger partial charge >= 0.3 is 21.0 Å². The zero-order chi connectivity index (χ0) is 14.9. The Labute approximate surface area is 112 Å². The van der Waals surface area contributed by atoms with Gasteiger partial charge in [0, 0.05) is 19.8 Å². The molecule has 2 N–H and O–H groups in total. The van der Waals surface area contributed by atoms with Crippen LogP contribution >= 0.6 is 0 Å². The molecule has 0 rings (SSSR count). The van der Waals surface area contributed by atoms with Crippen LogP contribution in [0.2, 0.25) is 0 Å². The van der Waals surface area contributed by atoms with E-state index in [0.29, 0.717) is 0 Å². The van der Waals surface area contributed by atoms with Crippen molar-refractivity contribution >= 4 is 21.0 Å². The fourth-order valence-corrected chi connectivity index (χ4v) is 3.32. The highest BCUT2D eigenvalue weighted by Crippen LogP contribution is 2.16. The smallest absolute Gasteiger partial charge is 0.481 e. The molecule has 0 radical (unpaired) electrons. The maximum absolute atomic E-state index is 11.0. The van der Waals surface area contributed by atoms with Crippen molar-refractivity contribution in [2.75, 3.05) is 19.8 Å². The van der Waals surface area contributed by atoms with Gasteiger partial charge in [0.05, 0.1) is 6.42 Å². The Kier molecular flexibility index (Phi) is 8.51. The Hall–Kier alpha value is -1.00. The van der Waals surface area contributed by atoms with Crippen LogP contribution in [0.15, 0.2) is 0 Å². The van der Waals surface area contributed by atoms with Crippen LogP contribution in [0.4, 0.5) is 0 Å². The van der Waals surface area contributed by atoms with Gasteiger partial charge < -0.3 is 27.9 Å². The lowest BCUT2D eigenvalue weighted by atomic mass is 10.3. The van der Waals surface area contributed by atoms with Crippen molar-refractivity contribution in [3.05, 3.63) is 0 Å². The Morgan fingerprint density at radius 3 is 1.68 bits per heavy atom. The van der Waals surface area contributed by atoms with Crippen molar-refractivity contribution < 1.29 is 37.5 Å². The third-order valence-electron chi connectivity index (χ3n) is 1.89. The second-order valence-electron chi connectivity index (χ2n) is 3.34. The van der Waals surface area contributed by atoms with Crippen LogP contribution in [0.5, 0.6) is 0 Å². The molecule has 19 heavy (non-hydrogen) atoms. The van der Waals surface area contributed by atoms with Gasteiger partial charge in [0.2, 0.25) is 0 Å². The molecule has 0 saturated carbocycles. The van der Waals surface area contributed by atoms with Gasteiger partial charge in [0.25, 0.3) is 0 Å². The van der Waals surface area contributed by atoms with Gasteiger partial charge in [-0.05, 0) is 20.8 Å². The predicted molar refractivity (Wildman–Crippen MR) is 65.4 cm³/mol. The molecule has 0 bridgehead atoms. The van der Waals surface area contributed by atoms with E-state index in [4.69, 9.17) is 27.9 Å². The van der Waals surface area contributed by atoms with Crippen molar-refractivity contribution in [2.45, 2.75) is 33.3 Å². The molecule has 0 fully saturated rings. The fraction of sp³-hybridized carbons (Fsp3) is 0.800. The zero-order valence-electron chi connectivity index (χ0n) is 11.2. The van der Waals surface area contributed by atoms with E-state index in [1.807, 2.05) is 0 Å². The minimum atomic E-state index is -3.63. The summed E-state index contributed by atoms with van der Waals surface area (Å²) in [5.74, 6) is -2.70. The Bertz CT molecular complexity index is 278. The Morgan fingerprint density at radius 2 is 1.42 bits per heavy atom. The maximum atomic E-state index is 11.0. The largest absolute Gasteiger partial charge is 0.680 e. The van der Waals surface area contributed by atoms with Crippen molar-refractivity contribution in [1.82, 2.24) is 0 Å². The minimum Gasteiger partial charge on any atom is -0.481 e. The first-order valence-corrected chi connectivity index (χ1v) is 7.58. The van der Waals surface area contributed by atoms with Gasteiger partial charge in [-0.3, -0.25) is 4.79 Å². The maximum Gasteiger partial charge on any atom is 0.680 e. The van der Waals surface area contributed by atoms with Crippen molar-refractivity contribution in [3.8, 4) is 0 Å². The molecule has 0 aliphatic heterocycles. The number of carbonyl (C=O) groups is 2. The molecule has 8 nitrogen and oxygen atoms in total. The van der Waals surface area contributed by atoms with Gasteiger partial charge in [0.15, 0.2) is 6.10 Å².